The molecule has 0 fully saturated rings. The van der Waals surface area contributed by atoms with E-state index in [9.17, 15) is 0 Å². The number of nitrogens with one attached hydrogen (secondary N) is 1. The van der Waals surface area contributed by atoms with Crippen LogP contribution in [0.25, 0.3) is 0 Å². The van der Waals surface area contributed by atoms with Gasteiger partial charge in [0.25, 0.3) is 0 Å². The number of aromatic nitrogens is 4. The predicted molar refractivity (Wildman–Crippen MR) is 66.0 cm³/mol. The maximum absolute atomic E-state index is 5.88. The lowest BCUT2D eigenvalue weighted by atomic mass is 10.0. The first-order valence-corrected chi connectivity index (χ1v) is 5.81. The molecule has 2 rings (SSSR count). The van der Waals surface area contributed by atoms with Gasteiger partial charge >= 0.3 is 0 Å². The van der Waals surface area contributed by atoms with Crippen molar-refractivity contribution >= 4 is 11.6 Å². The Balaban J connectivity index is 2.23. The van der Waals surface area contributed by atoms with E-state index in [0.717, 1.165) is 23.6 Å². The van der Waals surface area contributed by atoms with Crippen LogP contribution in [0.3, 0.4) is 0 Å². The summed E-state index contributed by atoms with van der Waals surface area (Å²) in [6.07, 6.45) is 2.34. The molecule has 1 atom stereocenters. The highest BCUT2D eigenvalue weighted by Gasteiger charge is 2.15. The monoisotopic (exact) mass is 251 g/mol. The van der Waals surface area contributed by atoms with Crippen molar-refractivity contribution in [2.45, 2.75) is 12.5 Å². The van der Waals surface area contributed by atoms with Gasteiger partial charge in [0.05, 0.1) is 6.04 Å². The van der Waals surface area contributed by atoms with Gasteiger partial charge in [-0.3, -0.25) is 0 Å². The quantitative estimate of drug-likeness (QED) is 0.876. The average Bonchev–Trinajstić information content (AvgIpc) is 2.85. The first-order valence-electron chi connectivity index (χ1n) is 5.44. The Labute approximate surface area is 105 Å². The van der Waals surface area contributed by atoms with E-state index < -0.39 is 0 Å². The van der Waals surface area contributed by atoms with Crippen molar-refractivity contribution in [3.63, 3.8) is 0 Å². The van der Waals surface area contributed by atoms with Crippen molar-refractivity contribution in [3.05, 3.63) is 41.2 Å². The summed E-state index contributed by atoms with van der Waals surface area (Å²) in [6.45, 7) is 0.884. The van der Waals surface area contributed by atoms with Crippen LogP contribution >= 0.6 is 11.6 Å². The van der Waals surface area contributed by atoms with Gasteiger partial charge in [-0.1, -0.05) is 23.7 Å². The molecule has 0 aliphatic rings. The van der Waals surface area contributed by atoms with Gasteiger partial charge in [0.2, 0.25) is 0 Å². The summed E-state index contributed by atoms with van der Waals surface area (Å²) >= 11 is 5.88. The van der Waals surface area contributed by atoms with Crippen LogP contribution in [0.2, 0.25) is 5.02 Å². The molecule has 2 aromatic rings. The highest BCUT2D eigenvalue weighted by Crippen LogP contribution is 2.21. The third kappa shape index (κ3) is 3.01. The van der Waals surface area contributed by atoms with E-state index in [-0.39, 0.29) is 6.04 Å². The normalized spacial score (nSPS) is 12.6. The van der Waals surface area contributed by atoms with Gasteiger partial charge in [0, 0.05) is 5.02 Å². The summed E-state index contributed by atoms with van der Waals surface area (Å²) in [4.78, 5) is 1.63. The highest BCUT2D eigenvalue weighted by atomic mass is 35.5. The van der Waals surface area contributed by atoms with Gasteiger partial charge in [0.1, 0.15) is 0 Å². The molecule has 1 aromatic heterocycles. The maximum atomic E-state index is 5.88. The van der Waals surface area contributed by atoms with Crippen LogP contribution in [0.15, 0.2) is 30.6 Å². The molecule has 1 aromatic carbocycles. The molecule has 1 heterocycles. The second-order valence-corrected chi connectivity index (χ2v) is 4.15. The molecule has 0 aliphatic carbocycles. The molecule has 6 heteroatoms. The van der Waals surface area contributed by atoms with Gasteiger partial charge in [-0.25, -0.2) is 0 Å². The fourth-order valence-corrected chi connectivity index (χ4v) is 1.83. The lowest BCUT2D eigenvalue weighted by molar-refractivity contribution is 0.422. The molecule has 1 unspecified atom stereocenters. The van der Waals surface area contributed by atoms with Crippen molar-refractivity contribution in [1.82, 2.24) is 25.5 Å². The fraction of sp³-hybridized carbons (Fsp3) is 0.364. The Morgan fingerprint density at radius 1 is 1.35 bits per heavy atom. The van der Waals surface area contributed by atoms with Crippen LogP contribution in [0.4, 0.5) is 0 Å². The lowest BCUT2D eigenvalue weighted by Gasteiger charge is -2.15. The molecular weight excluding hydrogens is 238 g/mol. The molecule has 90 valence electrons. The first-order chi connectivity index (χ1) is 8.31. The predicted octanol–water partition coefficient (Wildman–Crippen LogP) is 1.53. The summed E-state index contributed by atoms with van der Waals surface area (Å²) in [5.74, 6) is 0. The van der Waals surface area contributed by atoms with E-state index in [1.54, 1.807) is 4.80 Å². The SMILES string of the molecule is CNCCC(c1ccc(Cl)cc1)n1ncnn1. The van der Waals surface area contributed by atoms with Crippen LogP contribution in [-0.2, 0) is 0 Å². The summed E-state index contributed by atoms with van der Waals surface area (Å²) in [7, 11) is 1.92. The van der Waals surface area contributed by atoms with Gasteiger partial charge in [-0.05, 0) is 42.9 Å². The molecule has 17 heavy (non-hydrogen) atoms. The summed E-state index contributed by atoms with van der Waals surface area (Å²) in [6, 6.07) is 7.82. The van der Waals surface area contributed by atoms with Crippen molar-refractivity contribution < 1.29 is 0 Å². The standard InChI is InChI=1S/C11H14ClN5/c1-13-7-6-11(17-15-8-14-16-17)9-2-4-10(12)5-3-9/h2-5,8,11,13H,6-7H2,1H3. The number of hydrogen-bond acceptors (Lipinski definition) is 4. The first kappa shape index (κ1) is 12.0. The van der Waals surface area contributed by atoms with E-state index >= 15 is 0 Å². The maximum Gasteiger partial charge on any atom is 0.162 e. The lowest BCUT2D eigenvalue weighted by Crippen LogP contribution is -2.19. The number of hydrogen-bond donors (Lipinski definition) is 1. The molecule has 0 amide bonds. The minimum absolute atomic E-state index is 0.0854. The van der Waals surface area contributed by atoms with Crippen LogP contribution in [-0.4, -0.2) is 33.8 Å². The molecule has 0 aliphatic heterocycles. The Hall–Kier alpha value is -1.46. The van der Waals surface area contributed by atoms with E-state index in [1.807, 2.05) is 31.3 Å². The molecule has 5 nitrogen and oxygen atoms in total. The second kappa shape index (κ2) is 5.75. The van der Waals surface area contributed by atoms with Gasteiger partial charge in [-0.2, -0.15) is 4.80 Å². The number of halogens is 1. The third-order valence-electron chi connectivity index (χ3n) is 2.57. The van der Waals surface area contributed by atoms with Gasteiger partial charge < -0.3 is 5.32 Å². The van der Waals surface area contributed by atoms with Crippen LogP contribution in [0.1, 0.15) is 18.0 Å². The van der Waals surface area contributed by atoms with Crippen LogP contribution in [0, 0.1) is 0 Å². The number of rotatable bonds is 5. The Bertz CT molecular complexity index is 439. The topological polar surface area (TPSA) is 55.6 Å². The second-order valence-electron chi connectivity index (χ2n) is 3.72. The third-order valence-corrected chi connectivity index (χ3v) is 2.82. The van der Waals surface area contributed by atoms with E-state index in [2.05, 4.69) is 20.7 Å². The summed E-state index contributed by atoms with van der Waals surface area (Å²) in [5.41, 5.74) is 1.13. The zero-order chi connectivity index (χ0) is 12.1. The Kier molecular flexibility index (Phi) is 4.06. The summed E-state index contributed by atoms with van der Waals surface area (Å²) in [5, 5.41) is 15.7. The van der Waals surface area contributed by atoms with Crippen molar-refractivity contribution in [2.24, 2.45) is 0 Å². The van der Waals surface area contributed by atoms with E-state index in [4.69, 9.17) is 11.6 Å². The van der Waals surface area contributed by atoms with Crippen LogP contribution < -0.4 is 5.32 Å². The smallest absolute Gasteiger partial charge is 0.162 e. The van der Waals surface area contributed by atoms with Gasteiger partial charge in [-0.15, -0.1) is 10.2 Å². The minimum Gasteiger partial charge on any atom is -0.320 e. The molecule has 0 radical (unpaired) electrons. The zero-order valence-corrected chi connectivity index (χ0v) is 10.3. The molecular formula is C11H14ClN5. The van der Waals surface area contributed by atoms with Crippen molar-refractivity contribution in [2.75, 3.05) is 13.6 Å². The number of benzene rings is 1. The minimum atomic E-state index is 0.0854. The largest absolute Gasteiger partial charge is 0.320 e. The van der Waals surface area contributed by atoms with Crippen molar-refractivity contribution in [1.29, 1.82) is 0 Å². The van der Waals surface area contributed by atoms with E-state index in [1.165, 1.54) is 6.33 Å². The molecule has 1 N–H and O–H groups in total. The Morgan fingerprint density at radius 2 is 2.12 bits per heavy atom. The molecule has 0 saturated carbocycles. The highest BCUT2D eigenvalue weighted by molar-refractivity contribution is 6.30. The van der Waals surface area contributed by atoms with E-state index in [0.29, 0.717) is 0 Å². The number of nitrogens with zero attached hydrogens (tertiary/aromatic N) is 4. The molecule has 0 spiro atoms. The van der Waals surface area contributed by atoms with Gasteiger partial charge in [0.15, 0.2) is 6.33 Å². The fourth-order valence-electron chi connectivity index (χ4n) is 1.70. The Morgan fingerprint density at radius 3 is 2.71 bits per heavy atom. The molecule has 0 bridgehead atoms. The average molecular weight is 252 g/mol. The summed E-state index contributed by atoms with van der Waals surface area (Å²) < 4.78 is 0. The zero-order valence-electron chi connectivity index (χ0n) is 9.55. The number of tetrazole rings is 1. The van der Waals surface area contributed by atoms with Crippen LogP contribution in [0.5, 0.6) is 0 Å². The van der Waals surface area contributed by atoms with Crippen molar-refractivity contribution in [3.8, 4) is 0 Å². The molecule has 0 saturated heterocycles.